The predicted octanol–water partition coefficient (Wildman–Crippen LogP) is 1.62. The number of rotatable bonds is 6. The first-order chi connectivity index (χ1) is 13.8. The molecular formula is C18H18N2O8S. The van der Waals surface area contributed by atoms with Gasteiger partial charge in [0.15, 0.2) is 18.1 Å². The van der Waals surface area contributed by atoms with Gasteiger partial charge in [-0.25, -0.2) is 13.2 Å². The van der Waals surface area contributed by atoms with Crippen molar-refractivity contribution in [3.63, 3.8) is 0 Å². The van der Waals surface area contributed by atoms with Crippen LogP contribution in [0.15, 0.2) is 35.2 Å². The van der Waals surface area contributed by atoms with Crippen LogP contribution in [-0.2, 0) is 19.6 Å². The normalized spacial score (nSPS) is 12.9. The Balaban J connectivity index is 2.03. The topological polar surface area (TPSA) is 129 Å². The van der Waals surface area contributed by atoms with Crippen molar-refractivity contribution in [1.29, 1.82) is 0 Å². The number of carbonyl (C=O) groups is 2. The van der Waals surface area contributed by atoms with E-state index in [0.29, 0.717) is 5.75 Å². The Morgan fingerprint density at radius 2 is 1.79 bits per heavy atom. The number of anilines is 2. The molecule has 0 spiro atoms. The molecule has 0 fully saturated rings. The summed E-state index contributed by atoms with van der Waals surface area (Å²) in [5.41, 5.74) is 0.0976. The first-order valence-electron chi connectivity index (χ1n) is 8.23. The van der Waals surface area contributed by atoms with E-state index >= 15 is 0 Å². The average Bonchev–Trinajstić information content (AvgIpc) is 2.71. The Kier molecular flexibility index (Phi) is 5.50. The standard InChI is InChI=1S/C18H18N2O8S/c1-25-15-7-11(18(22)27-3)12(8-16(15)26-2)20-29(23,24)10-4-5-14-13(6-10)19-17(21)9-28-14/h4-8,20H,9H2,1-3H3,(H,19,21). The number of fused-ring (bicyclic) bond motifs is 1. The summed E-state index contributed by atoms with van der Waals surface area (Å²) in [5.74, 6) is -0.374. The molecule has 0 bridgehead atoms. The quantitative estimate of drug-likeness (QED) is 0.672. The van der Waals surface area contributed by atoms with Crippen molar-refractivity contribution in [1.82, 2.24) is 0 Å². The lowest BCUT2D eigenvalue weighted by Gasteiger charge is -2.19. The lowest BCUT2D eigenvalue weighted by Crippen LogP contribution is -2.25. The number of esters is 1. The van der Waals surface area contributed by atoms with E-state index in [-0.39, 0.29) is 39.9 Å². The van der Waals surface area contributed by atoms with Crippen molar-refractivity contribution >= 4 is 33.3 Å². The van der Waals surface area contributed by atoms with E-state index in [2.05, 4.69) is 10.0 Å². The maximum absolute atomic E-state index is 12.9. The van der Waals surface area contributed by atoms with Crippen LogP contribution in [0.3, 0.4) is 0 Å². The highest BCUT2D eigenvalue weighted by Crippen LogP contribution is 2.36. The minimum absolute atomic E-state index is 0.0625. The maximum Gasteiger partial charge on any atom is 0.340 e. The number of sulfonamides is 1. The third-order valence-electron chi connectivity index (χ3n) is 4.07. The van der Waals surface area contributed by atoms with Crippen molar-refractivity contribution in [3.8, 4) is 17.2 Å². The summed E-state index contributed by atoms with van der Waals surface area (Å²) >= 11 is 0. The molecule has 0 unspecified atom stereocenters. The van der Waals surface area contributed by atoms with Crippen molar-refractivity contribution < 1.29 is 37.0 Å². The summed E-state index contributed by atoms with van der Waals surface area (Å²) in [5, 5.41) is 2.54. The van der Waals surface area contributed by atoms with Gasteiger partial charge in [0.05, 0.1) is 43.2 Å². The largest absolute Gasteiger partial charge is 0.493 e. The summed E-state index contributed by atoms with van der Waals surface area (Å²) < 4.78 is 48.4. The van der Waals surface area contributed by atoms with E-state index < -0.39 is 21.9 Å². The summed E-state index contributed by atoms with van der Waals surface area (Å²) in [6.45, 7) is -0.147. The molecule has 0 atom stereocenters. The Hall–Kier alpha value is -3.47. The van der Waals surface area contributed by atoms with Crippen molar-refractivity contribution in [2.75, 3.05) is 38.0 Å². The molecule has 10 nitrogen and oxygen atoms in total. The van der Waals surface area contributed by atoms with Gasteiger partial charge < -0.3 is 24.3 Å². The monoisotopic (exact) mass is 422 g/mol. The lowest BCUT2D eigenvalue weighted by atomic mass is 10.1. The van der Waals surface area contributed by atoms with Crippen LogP contribution in [0, 0.1) is 0 Å². The fraction of sp³-hybridized carbons (Fsp3) is 0.222. The number of hydrogen-bond donors (Lipinski definition) is 2. The third kappa shape index (κ3) is 4.04. The van der Waals surface area contributed by atoms with Crippen LogP contribution in [0.4, 0.5) is 11.4 Å². The zero-order valence-electron chi connectivity index (χ0n) is 15.8. The Morgan fingerprint density at radius 3 is 2.45 bits per heavy atom. The molecule has 2 N–H and O–H groups in total. The molecule has 1 heterocycles. The smallest absolute Gasteiger partial charge is 0.340 e. The second-order valence-electron chi connectivity index (χ2n) is 5.84. The first kappa shape index (κ1) is 20.3. The predicted molar refractivity (Wildman–Crippen MR) is 102 cm³/mol. The molecule has 154 valence electrons. The second kappa shape index (κ2) is 7.87. The number of nitrogens with one attached hydrogen (secondary N) is 2. The molecule has 0 saturated carbocycles. The van der Waals surface area contributed by atoms with Gasteiger partial charge in [0.25, 0.3) is 15.9 Å². The number of ether oxygens (including phenoxy) is 4. The number of carbonyl (C=O) groups excluding carboxylic acids is 2. The molecule has 0 radical (unpaired) electrons. The van der Waals surface area contributed by atoms with Gasteiger partial charge in [-0.2, -0.15) is 0 Å². The van der Waals surface area contributed by atoms with Crippen LogP contribution in [0.25, 0.3) is 0 Å². The van der Waals surface area contributed by atoms with Crippen molar-refractivity contribution in [2.24, 2.45) is 0 Å². The molecule has 2 aromatic rings. The zero-order chi connectivity index (χ0) is 21.2. The summed E-state index contributed by atoms with van der Waals surface area (Å²) in [7, 11) is -0.208. The molecule has 3 rings (SSSR count). The van der Waals surface area contributed by atoms with Crippen LogP contribution in [0.2, 0.25) is 0 Å². The molecular weight excluding hydrogens is 404 g/mol. The molecule has 1 aliphatic heterocycles. The minimum atomic E-state index is -4.13. The fourth-order valence-corrected chi connectivity index (χ4v) is 3.77. The first-order valence-corrected chi connectivity index (χ1v) is 9.71. The number of amides is 1. The molecule has 11 heteroatoms. The van der Waals surface area contributed by atoms with Crippen molar-refractivity contribution in [3.05, 3.63) is 35.9 Å². The number of hydrogen-bond acceptors (Lipinski definition) is 8. The van der Waals surface area contributed by atoms with Crippen LogP contribution in [0.1, 0.15) is 10.4 Å². The van der Waals surface area contributed by atoms with Gasteiger partial charge in [-0.1, -0.05) is 0 Å². The summed E-state index contributed by atoms with van der Waals surface area (Å²) in [4.78, 5) is 23.5. The zero-order valence-corrected chi connectivity index (χ0v) is 16.6. The van der Waals surface area contributed by atoms with E-state index in [4.69, 9.17) is 18.9 Å². The van der Waals surface area contributed by atoms with Gasteiger partial charge in [0.2, 0.25) is 0 Å². The SMILES string of the molecule is COC(=O)c1cc(OC)c(OC)cc1NS(=O)(=O)c1ccc2c(c1)NC(=O)CO2. The molecule has 0 aromatic heterocycles. The number of benzene rings is 2. The molecule has 0 saturated heterocycles. The van der Waals surface area contributed by atoms with E-state index in [1.807, 2.05) is 0 Å². The van der Waals surface area contributed by atoms with E-state index in [1.54, 1.807) is 0 Å². The highest BCUT2D eigenvalue weighted by atomic mass is 32.2. The average molecular weight is 422 g/mol. The van der Waals surface area contributed by atoms with Gasteiger partial charge in [-0.3, -0.25) is 9.52 Å². The molecule has 1 amide bonds. The van der Waals surface area contributed by atoms with E-state index in [0.717, 1.165) is 0 Å². The minimum Gasteiger partial charge on any atom is -0.493 e. The van der Waals surface area contributed by atoms with Crippen LogP contribution < -0.4 is 24.2 Å². The summed E-state index contributed by atoms with van der Waals surface area (Å²) in [6.07, 6.45) is 0. The Morgan fingerprint density at radius 1 is 1.10 bits per heavy atom. The second-order valence-corrected chi connectivity index (χ2v) is 7.53. The highest BCUT2D eigenvalue weighted by Gasteiger charge is 2.24. The maximum atomic E-state index is 12.9. The molecule has 0 aliphatic carbocycles. The van der Waals surface area contributed by atoms with Gasteiger partial charge in [-0.05, 0) is 18.2 Å². The summed E-state index contributed by atoms with van der Waals surface area (Å²) in [6, 6.07) is 6.62. The Labute approximate surface area is 166 Å². The van der Waals surface area contributed by atoms with Gasteiger partial charge in [0.1, 0.15) is 5.75 Å². The van der Waals surface area contributed by atoms with Crippen LogP contribution in [0.5, 0.6) is 17.2 Å². The molecule has 2 aromatic carbocycles. The van der Waals surface area contributed by atoms with Crippen LogP contribution in [-0.4, -0.2) is 48.2 Å². The van der Waals surface area contributed by atoms with E-state index in [9.17, 15) is 18.0 Å². The van der Waals surface area contributed by atoms with Crippen molar-refractivity contribution in [2.45, 2.75) is 4.90 Å². The van der Waals surface area contributed by atoms with Gasteiger partial charge in [-0.15, -0.1) is 0 Å². The van der Waals surface area contributed by atoms with Gasteiger partial charge in [0, 0.05) is 12.1 Å². The lowest BCUT2D eigenvalue weighted by molar-refractivity contribution is -0.118. The fourth-order valence-electron chi connectivity index (χ4n) is 2.68. The molecule has 1 aliphatic rings. The van der Waals surface area contributed by atoms with E-state index in [1.165, 1.54) is 51.7 Å². The number of methoxy groups -OCH3 is 3. The Bertz CT molecular complexity index is 1080. The van der Waals surface area contributed by atoms with Gasteiger partial charge >= 0.3 is 5.97 Å². The highest BCUT2D eigenvalue weighted by molar-refractivity contribution is 7.92. The third-order valence-corrected chi connectivity index (χ3v) is 5.43. The molecule has 29 heavy (non-hydrogen) atoms. The van der Waals surface area contributed by atoms with Crippen LogP contribution >= 0.6 is 0 Å².